The number of rotatable bonds is 9. The fourth-order valence-corrected chi connectivity index (χ4v) is 22.9. The van der Waals surface area contributed by atoms with Gasteiger partial charge in [0, 0.05) is 131 Å². The number of hydrogen-bond donors (Lipinski definition) is 0. The van der Waals surface area contributed by atoms with E-state index in [0.29, 0.717) is 0 Å². The zero-order valence-electron chi connectivity index (χ0n) is 72.7. The normalized spacial score (nSPS) is 12.0. The summed E-state index contributed by atoms with van der Waals surface area (Å²) < 4.78 is 29.5. The average molecular weight is 1740 g/mol. The minimum Gasteiger partial charge on any atom is -0.454 e. The fraction of sp³-hybridized carbons (Fsp3) is 0. The molecule has 0 saturated heterocycles. The summed E-state index contributed by atoms with van der Waals surface area (Å²) in [7, 11) is 0. The van der Waals surface area contributed by atoms with Crippen LogP contribution in [-0.2, 0) is 0 Å². The van der Waals surface area contributed by atoms with Crippen LogP contribution in [0.2, 0.25) is 0 Å². The van der Waals surface area contributed by atoms with Crippen LogP contribution in [0.3, 0.4) is 0 Å². The smallest absolute Gasteiger partial charge is 0.181 e. The predicted octanol–water partition coefficient (Wildman–Crippen LogP) is 33.6. The number of furan rings is 2. The van der Waals surface area contributed by atoms with Gasteiger partial charge in [-0.15, -0.1) is 11.3 Å². The van der Waals surface area contributed by atoms with E-state index in [0.717, 1.165) is 77.8 Å². The Hall–Kier alpha value is -17.9. The molecule has 0 aliphatic heterocycles. The van der Waals surface area contributed by atoms with Crippen molar-refractivity contribution < 1.29 is 8.83 Å². The molecule has 0 atom stereocenters. The molecule has 10 nitrogen and oxygen atoms in total. The van der Waals surface area contributed by atoms with Crippen molar-refractivity contribution in [3.63, 3.8) is 0 Å². The molecule has 0 radical (unpaired) electrons. The highest BCUT2D eigenvalue weighted by Crippen LogP contribution is 2.48. The summed E-state index contributed by atoms with van der Waals surface area (Å²) in [6, 6.07) is 161. The first-order valence-corrected chi connectivity index (χ1v) is 46.6. The highest BCUT2D eigenvalue weighted by Gasteiger charge is 2.26. The second kappa shape index (κ2) is 30.4. The van der Waals surface area contributed by atoms with E-state index in [1.165, 1.54) is 185 Å². The van der Waals surface area contributed by atoms with Crippen LogP contribution in [0.5, 0.6) is 0 Å². The average Bonchev–Trinajstić information content (AvgIpc) is 1.54. The molecule has 0 aliphatic rings. The quantitative estimate of drug-likeness (QED) is 0.144. The number of aromatic nitrogens is 8. The minimum atomic E-state index is 0.797. The highest BCUT2D eigenvalue weighted by atomic mass is 32.1. The topological polar surface area (TPSA) is 81.6 Å². The zero-order valence-corrected chi connectivity index (χ0v) is 73.5. The van der Waals surface area contributed by atoms with Gasteiger partial charge in [-0.25, -0.2) is 9.97 Å². The summed E-state index contributed by atoms with van der Waals surface area (Å²) in [5.74, 6) is 1.79. The third-order valence-electron chi connectivity index (χ3n) is 27.7. The molecule has 0 bridgehead atoms. The first-order chi connectivity index (χ1) is 67.0. The van der Waals surface area contributed by atoms with Gasteiger partial charge in [0.25, 0.3) is 0 Å². The largest absolute Gasteiger partial charge is 0.454 e. The Morgan fingerprint density at radius 3 is 0.852 bits per heavy atom. The molecule has 11 aromatic heterocycles. The molecular weight excluding hydrogens is 1670 g/mol. The van der Waals surface area contributed by atoms with Crippen molar-refractivity contribution in [1.29, 1.82) is 0 Å². The lowest BCUT2D eigenvalue weighted by atomic mass is 10.0. The second-order valence-electron chi connectivity index (χ2n) is 35.0. The van der Waals surface area contributed by atoms with Crippen molar-refractivity contribution in [1.82, 2.24) is 37.4 Å². The standard InChI is InChI=1S/C42H26N2O.C41H25N3O.C41H25N3S/c1-2-11-29(12-3-1)43-36-17-7-4-13-30(36)34-25-27(21-23-38(34)43)28-22-24-39-35(26-28)31-14-5-8-18-37(31)44(39)40-19-10-16-33-32-15-6-9-20-41(32)45-42(33)40;2*1-2-10-28(11-3-1)43-35-15-7-4-12-29(35)33-24-26(18-20-37(33)43)27-19-21-38-34(25-27)30-13-5-8-16-36(30)44(38)41-40-32(22-23-42-41)31-14-6-9-17-39(31)45-40/h1-26H;2*1-25H. The lowest BCUT2D eigenvalue weighted by Gasteiger charge is -2.10. The molecule has 0 N–H and O–H groups in total. The van der Waals surface area contributed by atoms with E-state index in [1.54, 1.807) is 0 Å². The van der Waals surface area contributed by atoms with E-state index in [-0.39, 0.29) is 0 Å². The van der Waals surface area contributed by atoms with Gasteiger partial charge in [-0.2, -0.15) is 0 Å². The van der Waals surface area contributed by atoms with E-state index >= 15 is 0 Å². The third kappa shape index (κ3) is 11.9. The number of benzene rings is 19. The zero-order chi connectivity index (χ0) is 88.5. The molecular formula is C124H76N8O2S. The Morgan fingerprint density at radius 2 is 0.452 bits per heavy atom. The molecule has 11 heteroatoms. The molecule has 0 aliphatic carbocycles. The van der Waals surface area contributed by atoms with Gasteiger partial charge in [-0.1, -0.05) is 267 Å². The van der Waals surface area contributed by atoms with Crippen molar-refractivity contribution in [3.8, 4) is 67.8 Å². The van der Waals surface area contributed by atoms with E-state index in [9.17, 15) is 0 Å². The lowest BCUT2D eigenvalue weighted by Crippen LogP contribution is -1.97. The van der Waals surface area contributed by atoms with Crippen LogP contribution in [0.4, 0.5) is 0 Å². The summed E-state index contributed by atoms with van der Waals surface area (Å²) in [6.45, 7) is 0. The molecule has 0 unspecified atom stereocenters. The summed E-state index contributed by atoms with van der Waals surface area (Å²) in [5, 5.41) is 21.8. The molecule has 19 aromatic carbocycles. The Balaban J connectivity index is 0.000000101. The molecule has 0 amide bonds. The summed E-state index contributed by atoms with van der Waals surface area (Å²) in [5.41, 5.74) is 29.4. The van der Waals surface area contributed by atoms with E-state index in [4.69, 9.17) is 18.8 Å². The maximum atomic E-state index is 6.49. The van der Waals surface area contributed by atoms with Crippen LogP contribution >= 0.6 is 11.3 Å². The van der Waals surface area contributed by atoms with Gasteiger partial charge in [-0.3, -0.25) is 9.13 Å². The van der Waals surface area contributed by atoms with Gasteiger partial charge in [0.05, 0.1) is 76.6 Å². The molecule has 630 valence electrons. The van der Waals surface area contributed by atoms with Crippen molar-refractivity contribution in [3.05, 3.63) is 461 Å². The fourth-order valence-electron chi connectivity index (χ4n) is 21.7. The maximum absolute atomic E-state index is 6.49. The van der Waals surface area contributed by atoms with Gasteiger partial charge in [0.15, 0.2) is 22.8 Å². The Kier molecular flexibility index (Phi) is 17.1. The Bertz CT molecular complexity index is 9200. The SMILES string of the molecule is c1ccc(-n2c3ccccc3c3cc(-c4ccc5c(c4)c4ccccc4n5-c4cccc5c4oc4ccccc45)ccc32)cc1.c1ccc(-n2c3ccccc3c3cc(-c4ccc5c(c4)c4ccccc4n5-c4nccc5c4oc4ccccc45)ccc32)cc1.c1ccc(-n2c3ccccc3c3cc(-c4ccc5c(c4)c4ccccc4n5-c4nccc5c4sc4ccccc45)ccc32)cc1. The van der Waals surface area contributed by atoms with Gasteiger partial charge in [0.1, 0.15) is 11.2 Å². The number of hydrogen-bond acceptors (Lipinski definition) is 5. The van der Waals surface area contributed by atoms with E-state index in [1.807, 2.05) is 54.1 Å². The number of fused-ring (bicyclic) bond motifs is 27. The minimum absolute atomic E-state index is 0.797. The van der Waals surface area contributed by atoms with Crippen LogP contribution < -0.4 is 0 Å². The van der Waals surface area contributed by atoms with Gasteiger partial charge < -0.3 is 27.1 Å². The lowest BCUT2D eigenvalue weighted by molar-refractivity contribution is 0.663. The Morgan fingerprint density at radius 1 is 0.178 bits per heavy atom. The van der Waals surface area contributed by atoms with Gasteiger partial charge in [0.2, 0.25) is 0 Å². The monoisotopic (exact) mass is 1740 g/mol. The van der Waals surface area contributed by atoms with Crippen molar-refractivity contribution in [2.24, 2.45) is 0 Å². The van der Waals surface area contributed by atoms with Crippen molar-refractivity contribution in [2.75, 3.05) is 0 Å². The first kappa shape index (κ1) is 76.0. The van der Waals surface area contributed by atoms with Crippen molar-refractivity contribution in [2.45, 2.75) is 0 Å². The molecule has 11 heterocycles. The van der Waals surface area contributed by atoms with Crippen molar-refractivity contribution >= 4 is 206 Å². The number of pyridine rings is 2. The summed E-state index contributed by atoms with van der Waals surface area (Å²) >= 11 is 1.82. The third-order valence-corrected chi connectivity index (χ3v) is 28.9. The van der Waals surface area contributed by atoms with Gasteiger partial charge >= 0.3 is 0 Å². The van der Waals surface area contributed by atoms with Crippen LogP contribution in [0.15, 0.2) is 470 Å². The number of para-hydroxylation sites is 12. The summed E-state index contributed by atoms with van der Waals surface area (Å²) in [6.07, 6.45) is 3.84. The van der Waals surface area contributed by atoms with Crippen LogP contribution in [0, 0.1) is 0 Å². The second-order valence-corrected chi connectivity index (χ2v) is 36.0. The molecule has 0 spiro atoms. The van der Waals surface area contributed by atoms with Crippen LogP contribution in [0.25, 0.3) is 263 Å². The van der Waals surface area contributed by atoms with Crippen LogP contribution in [-0.4, -0.2) is 37.4 Å². The maximum Gasteiger partial charge on any atom is 0.181 e. The van der Waals surface area contributed by atoms with Crippen LogP contribution in [0.1, 0.15) is 0 Å². The molecule has 30 rings (SSSR count). The van der Waals surface area contributed by atoms with E-state index < -0.39 is 0 Å². The first-order valence-electron chi connectivity index (χ1n) is 45.8. The molecule has 0 saturated carbocycles. The van der Waals surface area contributed by atoms with Gasteiger partial charge in [-0.05, 0) is 215 Å². The number of nitrogens with zero attached hydrogens (tertiary/aromatic N) is 8. The Labute approximate surface area is 776 Å². The summed E-state index contributed by atoms with van der Waals surface area (Å²) in [4.78, 5) is 9.87. The molecule has 135 heavy (non-hydrogen) atoms. The number of thiophene rings is 1. The predicted molar refractivity (Wildman–Crippen MR) is 565 cm³/mol. The van der Waals surface area contributed by atoms with E-state index in [2.05, 4.69) is 446 Å². The molecule has 30 aromatic rings. The molecule has 0 fully saturated rings. The highest BCUT2D eigenvalue weighted by molar-refractivity contribution is 7.26.